The van der Waals surface area contributed by atoms with Gasteiger partial charge in [0.1, 0.15) is 18.2 Å². The third kappa shape index (κ3) is 3.69. The molecule has 0 bridgehead atoms. The van der Waals surface area contributed by atoms with Gasteiger partial charge in [0.25, 0.3) is 0 Å². The summed E-state index contributed by atoms with van der Waals surface area (Å²) < 4.78 is 8.84. The first kappa shape index (κ1) is 23.7. The predicted octanol–water partition coefficient (Wildman–Crippen LogP) is 8.52. The lowest BCUT2D eigenvalue weighted by molar-refractivity contribution is -0.660. The maximum absolute atomic E-state index is 10.1. The zero-order valence-corrected chi connectivity index (χ0v) is 22.4. The minimum atomic E-state index is 0.610. The molecule has 0 fully saturated rings. The van der Waals surface area contributed by atoms with E-state index in [1.54, 1.807) is 0 Å². The summed E-state index contributed by atoms with van der Waals surface area (Å²) in [5, 5.41) is 12.2. The predicted molar refractivity (Wildman–Crippen MR) is 155 cm³/mol. The number of pyridine rings is 1. The molecule has 0 unspecified atom stereocenters. The molecule has 2 heterocycles. The van der Waals surface area contributed by atoms with Crippen LogP contribution in [0.2, 0.25) is 0 Å². The topological polar surface area (TPSA) is 40.8 Å². The van der Waals surface area contributed by atoms with Gasteiger partial charge in [0.2, 0.25) is 5.69 Å². The normalized spacial score (nSPS) is 11.3. The third-order valence-corrected chi connectivity index (χ3v) is 7.64. The second kappa shape index (κ2) is 9.01. The molecule has 6 aromatic rings. The van der Waals surface area contributed by atoms with Gasteiger partial charge in [-0.1, -0.05) is 54.1 Å². The molecule has 0 atom stereocenters. The molecule has 6 rings (SSSR count). The molecule has 0 spiro atoms. The van der Waals surface area contributed by atoms with Crippen LogP contribution < -0.4 is 4.57 Å². The van der Waals surface area contributed by atoms with E-state index in [1.807, 2.05) is 18.2 Å². The van der Waals surface area contributed by atoms with Crippen LogP contribution in [-0.2, 0) is 7.05 Å². The fourth-order valence-corrected chi connectivity index (χ4v) is 5.72. The Hall–Kier alpha value is -4.68. The van der Waals surface area contributed by atoms with Crippen molar-refractivity contribution >= 4 is 21.9 Å². The van der Waals surface area contributed by atoms with Gasteiger partial charge in [0.15, 0.2) is 6.20 Å². The summed E-state index contributed by atoms with van der Waals surface area (Å²) in [6, 6.07) is 29.9. The number of nitriles is 1. The summed E-state index contributed by atoms with van der Waals surface area (Å²) in [7, 11) is 2.05. The van der Waals surface area contributed by atoms with E-state index in [1.165, 1.54) is 27.8 Å². The minimum Gasteiger partial charge on any atom is -0.454 e. The minimum absolute atomic E-state index is 0.610. The highest BCUT2D eigenvalue weighted by atomic mass is 16.3. The maximum Gasteiger partial charge on any atom is 0.216 e. The molecule has 0 aliphatic carbocycles. The number of hydrogen-bond acceptors (Lipinski definition) is 2. The molecule has 38 heavy (non-hydrogen) atoms. The van der Waals surface area contributed by atoms with Crippen molar-refractivity contribution in [3.63, 3.8) is 0 Å². The zero-order valence-electron chi connectivity index (χ0n) is 22.4. The van der Waals surface area contributed by atoms with Crippen molar-refractivity contribution in [3.8, 4) is 39.6 Å². The molecule has 0 radical (unpaired) electrons. The lowest BCUT2D eigenvalue weighted by atomic mass is 9.91. The van der Waals surface area contributed by atoms with E-state index in [-0.39, 0.29) is 0 Å². The molecule has 2 aromatic heterocycles. The smallest absolute Gasteiger partial charge is 0.216 e. The molecule has 0 aliphatic heterocycles. The van der Waals surface area contributed by atoms with Crippen molar-refractivity contribution in [2.75, 3.05) is 0 Å². The second-order valence-electron chi connectivity index (χ2n) is 10.3. The van der Waals surface area contributed by atoms with Crippen molar-refractivity contribution in [1.29, 1.82) is 5.26 Å². The molecular formula is C35H29N2O+. The Kier molecular flexibility index (Phi) is 5.62. The van der Waals surface area contributed by atoms with E-state index in [0.717, 1.165) is 49.9 Å². The van der Waals surface area contributed by atoms with Crippen molar-refractivity contribution in [2.24, 2.45) is 7.05 Å². The summed E-state index contributed by atoms with van der Waals surface area (Å²) in [4.78, 5) is 0. The summed E-state index contributed by atoms with van der Waals surface area (Å²) in [5.41, 5.74) is 13.5. The monoisotopic (exact) mass is 493 g/mol. The first-order valence-electron chi connectivity index (χ1n) is 12.9. The summed E-state index contributed by atoms with van der Waals surface area (Å²) in [6.07, 6.45) is 2.05. The molecule has 3 heteroatoms. The fraction of sp³-hybridized carbons (Fsp3) is 0.143. The van der Waals surface area contributed by atoms with Gasteiger partial charge in [-0.15, -0.1) is 0 Å². The lowest BCUT2D eigenvalue weighted by Gasteiger charge is -2.13. The van der Waals surface area contributed by atoms with Gasteiger partial charge < -0.3 is 4.42 Å². The van der Waals surface area contributed by atoms with E-state index in [2.05, 4.69) is 112 Å². The van der Waals surface area contributed by atoms with Crippen LogP contribution in [0.4, 0.5) is 0 Å². The van der Waals surface area contributed by atoms with Crippen LogP contribution in [-0.4, -0.2) is 0 Å². The van der Waals surface area contributed by atoms with E-state index in [4.69, 9.17) is 4.42 Å². The van der Waals surface area contributed by atoms with Gasteiger partial charge >= 0.3 is 0 Å². The van der Waals surface area contributed by atoms with Gasteiger partial charge in [0, 0.05) is 28.5 Å². The fourth-order valence-electron chi connectivity index (χ4n) is 5.72. The van der Waals surface area contributed by atoms with Crippen LogP contribution in [0.1, 0.15) is 27.8 Å². The van der Waals surface area contributed by atoms with Crippen molar-refractivity contribution in [3.05, 3.63) is 113 Å². The average molecular weight is 494 g/mol. The van der Waals surface area contributed by atoms with Crippen LogP contribution >= 0.6 is 0 Å². The third-order valence-electron chi connectivity index (χ3n) is 7.64. The van der Waals surface area contributed by atoms with Gasteiger partial charge in [-0.25, -0.2) is 4.57 Å². The average Bonchev–Trinajstić information content (AvgIpc) is 3.27. The molecular weight excluding hydrogens is 464 g/mol. The molecule has 184 valence electrons. The number of fused-ring (bicyclic) bond motifs is 3. The Morgan fingerprint density at radius 2 is 1.37 bits per heavy atom. The number of nitrogens with zero attached hydrogens (tertiary/aromatic N) is 2. The highest BCUT2D eigenvalue weighted by Crippen LogP contribution is 2.42. The number of hydrogen-bond donors (Lipinski definition) is 0. The van der Waals surface area contributed by atoms with Crippen molar-refractivity contribution in [1.82, 2.24) is 0 Å². The molecule has 3 nitrogen and oxygen atoms in total. The molecule has 4 aromatic carbocycles. The highest BCUT2D eigenvalue weighted by molar-refractivity contribution is 6.14. The lowest BCUT2D eigenvalue weighted by Crippen LogP contribution is -2.30. The number of benzene rings is 4. The standard InChI is InChI=1S/C35H29N2O/c1-21-9-13-27(23(3)18-21)28-15-11-25(19-24(28)4)33-26(20-36)12-16-30-29-14-10-22(2)32(34(29)38-35(30)33)31-8-6-7-17-37(31)5/h6-19H,1-5H3/q+1. The van der Waals surface area contributed by atoms with E-state index < -0.39 is 0 Å². The van der Waals surface area contributed by atoms with Crippen LogP contribution in [0.5, 0.6) is 0 Å². The number of rotatable bonds is 3. The summed E-state index contributed by atoms with van der Waals surface area (Å²) in [6.45, 7) is 8.53. The highest BCUT2D eigenvalue weighted by Gasteiger charge is 2.23. The Bertz CT molecular complexity index is 1930. The van der Waals surface area contributed by atoms with Crippen LogP contribution in [0, 0.1) is 39.0 Å². The van der Waals surface area contributed by atoms with Crippen LogP contribution in [0.25, 0.3) is 55.4 Å². The van der Waals surface area contributed by atoms with Gasteiger partial charge in [-0.2, -0.15) is 5.26 Å². The van der Waals surface area contributed by atoms with Gasteiger partial charge in [-0.3, -0.25) is 0 Å². The quantitative estimate of drug-likeness (QED) is 0.232. The van der Waals surface area contributed by atoms with E-state index >= 15 is 0 Å². The Balaban J connectivity index is 1.61. The summed E-state index contributed by atoms with van der Waals surface area (Å²) >= 11 is 0. The molecule has 0 N–H and O–H groups in total. The summed E-state index contributed by atoms with van der Waals surface area (Å²) in [5.74, 6) is 0. The molecule has 0 saturated carbocycles. The van der Waals surface area contributed by atoms with E-state index in [9.17, 15) is 5.26 Å². The van der Waals surface area contributed by atoms with Gasteiger partial charge in [0.05, 0.1) is 17.2 Å². The number of aryl methyl sites for hydroxylation is 5. The number of aromatic nitrogens is 1. The Morgan fingerprint density at radius 1 is 0.684 bits per heavy atom. The molecule has 0 amide bonds. The Labute approximate surface area is 223 Å². The number of furan rings is 1. The second-order valence-corrected chi connectivity index (χ2v) is 10.3. The maximum atomic E-state index is 10.1. The Morgan fingerprint density at radius 3 is 2.05 bits per heavy atom. The van der Waals surface area contributed by atoms with Crippen LogP contribution in [0.3, 0.4) is 0 Å². The first-order valence-corrected chi connectivity index (χ1v) is 12.9. The largest absolute Gasteiger partial charge is 0.454 e. The molecule has 0 aliphatic rings. The SMILES string of the molecule is Cc1ccc(-c2ccc(-c3c(C#N)ccc4c3oc3c(-c5cccc[n+]5C)c(C)ccc34)cc2C)c(C)c1. The molecule has 0 saturated heterocycles. The van der Waals surface area contributed by atoms with E-state index in [0.29, 0.717) is 5.56 Å². The first-order chi connectivity index (χ1) is 18.4. The van der Waals surface area contributed by atoms with Crippen molar-refractivity contribution in [2.45, 2.75) is 27.7 Å². The van der Waals surface area contributed by atoms with Gasteiger partial charge in [-0.05, 0) is 79.3 Å². The van der Waals surface area contributed by atoms with Crippen molar-refractivity contribution < 1.29 is 8.98 Å². The van der Waals surface area contributed by atoms with Crippen LogP contribution in [0.15, 0.2) is 89.5 Å². The zero-order chi connectivity index (χ0) is 26.6.